The van der Waals surface area contributed by atoms with Crippen molar-refractivity contribution >= 4 is 0 Å². The van der Waals surface area contributed by atoms with Crippen molar-refractivity contribution in [1.29, 1.82) is 5.26 Å². The Morgan fingerprint density at radius 1 is 1.14 bits per heavy atom. The molecule has 0 unspecified atom stereocenters. The third kappa shape index (κ3) is 1.35. The maximum atomic E-state index is 9.23. The molecule has 0 spiro atoms. The van der Waals surface area contributed by atoms with Crippen LogP contribution in [0.3, 0.4) is 0 Å². The summed E-state index contributed by atoms with van der Waals surface area (Å²) in [6.45, 7) is 0. The zero-order valence-electron chi connectivity index (χ0n) is 8.03. The minimum absolute atomic E-state index is 0.264. The van der Waals surface area contributed by atoms with Crippen molar-refractivity contribution in [3.05, 3.63) is 29.8 Å². The molecule has 1 aromatic rings. The van der Waals surface area contributed by atoms with Crippen LogP contribution in [0.4, 0.5) is 0 Å². The summed E-state index contributed by atoms with van der Waals surface area (Å²) in [4.78, 5) is 0. The average Bonchev–Trinajstić information content (AvgIpc) is 2.68. The minimum Gasteiger partial charge on any atom is -0.508 e. The maximum Gasteiger partial charge on any atom is 0.115 e. The molecule has 14 heavy (non-hydrogen) atoms. The highest BCUT2D eigenvalue weighted by Crippen LogP contribution is 2.40. The van der Waals surface area contributed by atoms with Crippen molar-refractivity contribution in [2.75, 3.05) is 0 Å². The maximum absolute atomic E-state index is 9.23. The van der Waals surface area contributed by atoms with E-state index in [1.54, 1.807) is 12.1 Å². The number of hydrogen-bond acceptors (Lipinski definition) is 2. The molecular formula is C12H13NO. The Morgan fingerprint density at radius 3 is 2.21 bits per heavy atom. The van der Waals surface area contributed by atoms with Crippen molar-refractivity contribution in [3.8, 4) is 11.8 Å². The first-order valence-electron chi connectivity index (χ1n) is 4.98. The van der Waals surface area contributed by atoms with Crippen LogP contribution in [0.15, 0.2) is 24.3 Å². The van der Waals surface area contributed by atoms with Gasteiger partial charge in [-0.3, -0.25) is 0 Å². The van der Waals surface area contributed by atoms with E-state index in [-0.39, 0.29) is 11.2 Å². The minimum atomic E-state index is -0.284. The number of rotatable bonds is 1. The Morgan fingerprint density at radius 2 is 1.71 bits per heavy atom. The van der Waals surface area contributed by atoms with Crippen molar-refractivity contribution < 1.29 is 5.11 Å². The molecule has 1 saturated carbocycles. The molecular weight excluding hydrogens is 174 g/mol. The zero-order valence-corrected chi connectivity index (χ0v) is 8.03. The number of aromatic hydroxyl groups is 1. The standard InChI is InChI=1S/C12H13NO/c13-9-12(7-1-2-8-12)10-3-5-11(14)6-4-10/h3-6,14H,1-2,7-8H2. The molecule has 0 radical (unpaired) electrons. The topological polar surface area (TPSA) is 44.0 Å². The van der Waals surface area contributed by atoms with Crippen LogP contribution in [-0.2, 0) is 5.41 Å². The molecule has 2 rings (SSSR count). The van der Waals surface area contributed by atoms with Crippen LogP contribution in [0.5, 0.6) is 5.75 Å². The predicted molar refractivity (Wildman–Crippen MR) is 53.9 cm³/mol. The summed E-state index contributed by atoms with van der Waals surface area (Å²) in [5, 5.41) is 18.4. The van der Waals surface area contributed by atoms with Crippen LogP contribution in [0.25, 0.3) is 0 Å². The third-order valence-corrected chi connectivity index (χ3v) is 3.09. The van der Waals surface area contributed by atoms with E-state index in [0.29, 0.717) is 0 Å². The fourth-order valence-electron chi connectivity index (χ4n) is 2.22. The Balaban J connectivity index is 2.37. The Kier molecular flexibility index (Phi) is 2.17. The summed E-state index contributed by atoms with van der Waals surface area (Å²) >= 11 is 0. The van der Waals surface area contributed by atoms with Gasteiger partial charge in [-0.1, -0.05) is 25.0 Å². The summed E-state index contributed by atoms with van der Waals surface area (Å²) in [7, 11) is 0. The fraction of sp³-hybridized carbons (Fsp3) is 0.417. The van der Waals surface area contributed by atoms with Crippen LogP contribution in [0, 0.1) is 11.3 Å². The van der Waals surface area contributed by atoms with E-state index in [1.165, 1.54) is 0 Å². The van der Waals surface area contributed by atoms with Gasteiger partial charge in [-0.2, -0.15) is 5.26 Å². The summed E-state index contributed by atoms with van der Waals surface area (Å²) in [6, 6.07) is 9.48. The summed E-state index contributed by atoms with van der Waals surface area (Å²) in [5.74, 6) is 0.264. The third-order valence-electron chi connectivity index (χ3n) is 3.09. The van der Waals surface area contributed by atoms with E-state index < -0.39 is 0 Å². The molecule has 1 aliphatic rings. The van der Waals surface area contributed by atoms with Gasteiger partial charge in [-0.05, 0) is 30.5 Å². The molecule has 0 aromatic heterocycles. The number of benzene rings is 1. The normalized spacial score (nSPS) is 19.1. The predicted octanol–water partition coefficient (Wildman–Crippen LogP) is 2.73. The molecule has 1 N–H and O–H groups in total. The number of nitriles is 1. The molecule has 2 heteroatoms. The van der Waals surface area contributed by atoms with Crippen LogP contribution in [0.1, 0.15) is 31.2 Å². The molecule has 1 aromatic carbocycles. The Hall–Kier alpha value is -1.49. The SMILES string of the molecule is N#CC1(c2ccc(O)cc2)CCCC1. The lowest BCUT2D eigenvalue weighted by molar-refractivity contribution is 0.474. The van der Waals surface area contributed by atoms with Gasteiger partial charge >= 0.3 is 0 Å². The lowest BCUT2D eigenvalue weighted by Gasteiger charge is -2.20. The van der Waals surface area contributed by atoms with Gasteiger partial charge in [-0.25, -0.2) is 0 Å². The van der Waals surface area contributed by atoms with Gasteiger partial charge in [0.25, 0.3) is 0 Å². The van der Waals surface area contributed by atoms with Crippen LogP contribution >= 0.6 is 0 Å². The Labute approximate surface area is 83.8 Å². The van der Waals surface area contributed by atoms with Crippen molar-refractivity contribution in [1.82, 2.24) is 0 Å². The first kappa shape index (κ1) is 9.08. The molecule has 0 heterocycles. The molecule has 2 nitrogen and oxygen atoms in total. The Bertz CT molecular complexity index is 355. The molecule has 0 amide bonds. The first-order chi connectivity index (χ1) is 6.77. The fourth-order valence-corrected chi connectivity index (χ4v) is 2.22. The van der Waals surface area contributed by atoms with Crippen LogP contribution in [-0.4, -0.2) is 5.11 Å². The monoisotopic (exact) mass is 187 g/mol. The average molecular weight is 187 g/mol. The smallest absolute Gasteiger partial charge is 0.115 e. The van der Waals surface area contributed by atoms with Crippen molar-refractivity contribution in [3.63, 3.8) is 0 Å². The highest BCUT2D eigenvalue weighted by atomic mass is 16.3. The van der Waals surface area contributed by atoms with Crippen LogP contribution < -0.4 is 0 Å². The summed E-state index contributed by atoms with van der Waals surface area (Å²) < 4.78 is 0. The molecule has 1 aliphatic carbocycles. The second-order valence-electron chi connectivity index (χ2n) is 3.95. The molecule has 0 atom stereocenters. The number of nitrogens with zero attached hydrogens (tertiary/aromatic N) is 1. The van der Waals surface area contributed by atoms with E-state index in [4.69, 9.17) is 0 Å². The molecule has 0 saturated heterocycles. The largest absolute Gasteiger partial charge is 0.508 e. The lowest BCUT2D eigenvalue weighted by atomic mass is 9.80. The quantitative estimate of drug-likeness (QED) is 0.734. The van der Waals surface area contributed by atoms with Crippen molar-refractivity contribution in [2.45, 2.75) is 31.1 Å². The highest BCUT2D eigenvalue weighted by Gasteiger charge is 2.35. The van der Waals surface area contributed by atoms with E-state index in [9.17, 15) is 10.4 Å². The second kappa shape index (κ2) is 3.34. The van der Waals surface area contributed by atoms with Gasteiger partial charge < -0.3 is 5.11 Å². The number of hydrogen-bond donors (Lipinski definition) is 1. The van der Waals surface area contributed by atoms with Crippen LogP contribution in [0.2, 0.25) is 0 Å². The van der Waals surface area contributed by atoms with Gasteiger partial charge in [0.05, 0.1) is 11.5 Å². The molecule has 1 fully saturated rings. The lowest BCUT2D eigenvalue weighted by Crippen LogP contribution is -2.18. The van der Waals surface area contributed by atoms with Crippen molar-refractivity contribution in [2.24, 2.45) is 0 Å². The van der Waals surface area contributed by atoms with Gasteiger partial charge in [0.2, 0.25) is 0 Å². The highest BCUT2D eigenvalue weighted by molar-refractivity contribution is 5.37. The van der Waals surface area contributed by atoms with E-state index in [1.807, 2.05) is 12.1 Å². The summed E-state index contributed by atoms with van der Waals surface area (Å²) in [6.07, 6.45) is 4.17. The molecule has 0 aliphatic heterocycles. The number of phenolic OH excluding ortho intramolecular Hbond substituents is 1. The number of phenols is 1. The molecule has 72 valence electrons. The van der Waals surface area contributed by atoms with Gasteiger partial charge in [-0.15, -0.1) is 0 Å². The summed E-state index contributed by atoms with van der Waals surface area (Å²) in [5.41, 5.74) is 0.767. The zero-order chi connectivity index (χ0) is 10.0. The van der Waals surface area contributed by atoms with Gasteiger partial charge in [0.1, 0.15) is 5.75 Å². The van der Waals surface area contributed by atoms with Gasteiger partial charge in [0, 0.05) is 0 Å². The van der Waals surface area contributed by atoms with E-state index >= 15 is 0 Å². The van der Waals surface area contributed by atoms with Gasteiger partial charge in [0.15, 0.2) is 0 Å². The second-order valence-corrected chi connectivity index (χ2v) is 3.95. The van der Waals surface area contributed by atoms with E-state index in [2.05, 4.69) is 6.07 Å². The van der Waals surface area contributed by atoms with E-state index in [0.717, 1.165) is 31.2 Å². The molecule has 0 bridgehead atoms. The first-order valence-corrected chi connectivity index (χ1v) is 4.98.